The summed E-state index contributed by atoms with van der Waals surface area (Å²) in [4.78, 5) is 44.2. The first-order valence-electron chi connectivity index (χ1n) is 9.76. The first-order chi connectivity index (χ1) is 13.2. The Kier molecular flexibility index (Phi) is 5.74. The van der Waals surface area contributed by atoms with Gasteiger partial charge in [-0.1, -0.05) is 13.8 Å². The van der Waals surface area contributed by atoms with Gasteiger partial charge in [0.05, 0.1) is 13.2 Å². The van der Waals surface area contributed by atoms with Crippen molar-refractivity contribution in [1.29, 1.82) is 0 Å². The van der Waals surface area contributed by atoms with Crippen LogP contribution in [0.3, 0.4) is 0 Å². The average molecular weight is 391 g/mol. The van der Waals surface area contributed by atoms with Gasteiger partial charge in [0.15, 0.2) is 11.2 Å². The lowest BCUT2D eigenvalue weighted by Crippen LogP contribution is -2.39. The minimum atomic E-state index is -0.457. The van der Waals surface area contributed by atoms with Gasteiger partial charge in [-0.25, -0.2) is 9.78 Å². The topological polar surface area (TPSA) is 91.4 Å². The summed E-state index contributed by atoms with van der Waals surface area (Å²) in [6.07, 6.45) is 1.19. The number of esters is 1. The van der Waals surface area contributed by atoms with Crippen molar-refractivity contribution in [1.82, 2.24) is 23.6 Å². The Morgan fingerprint density at radius 3 is 2.39 bits per heavy atom. The largest absolute Gasteiger partial charge is 0.465 e. The Hall–Kier alpha value is -2.42. The second-order valence-electron chi connectivity index (χ2n) is 7.94. The number of aromatic nitrogens is 4. The first kappa shape index (κ1) is 20.3. The maximum absolute atomic E-state index is 12.8. The zero-order valence-electron chi connectivity index (χ0n) is 17.3. The number of carbonyl (C=O) groups is 1. The van der Waals surface area contributed by atoms with Crippen LogP contribution in [0.25, 0.3) is 11.2 Å². The Balaban J connectivity index is 2.11. The predicted molar refractivity (Wildman–Crippen MR) is 105 cm³/mol. The molecule has 1 aliphatic heterocycles. The fourth-order valence-corrected chi connectivity index (χ4v) is 4.24. The van der Waals surface area contributed by atoms with Crippen LogP contribution in [0.15, 0.2) is 9.59 Å². The molecule has 0 aliphatic carbocycles. The summed E-state index contributed by atoms with van der Waals surface area (Å²) in [5.41, 5.74) is -0.345. The molecule has 0 radical (unpaired) electrons. The standard InChI is InChI=1S/C19H29N5O4/c1-6-28-15(25)11-24-14(10-23-8-12(2)7-13(3)9-23)20-17-16(24)18(26)22(5)19(27)21(17)4/h12-13H,6-11H2,1-5H3/t12-,13+. The van der Waals surface area contributed by atoms with Gasteiger partial charge < -0.3 is 9.30 Å². The number of hydrogen-bond acceptors (Lipinski definition) is 6. The lowest BCUT2D eigenvalue weighted by molar-refractivity contribution is -0.143. The highest BCUT2D eigenvalue weighted by Crippen LogP contribution is 2.23. The molecule has 2 aromatic heterocycles. The highest BCUT2D eigenvalue weighted by Gasteiger charge is 2.26. The third-order valence-corrected chi connectivity index (χ3v) is 5.33. The van der Waals surface area contributed by atoms with E-state index in [0.717, 1.165) is 17.7 Å². The van der Waals surface area contributed by atoms with Crippen molar-refractivity contribution in [3.8, 4) is 0 Å². The number of nitrogens with zero attached hydrogens (tertiary/aromatic N) is 5. The molecule has 3 heterocycles. The zero-order chi connectivity index (χ0) is 20.6. The highest BCUT2D eigenvalue weighted by molar-refractivity contribution is 5.76. The van der Waals surface area contributed by atoms with E-state index in [-0.39, 0.29) is 18.7 Å². The van der Waals surface area contributed by atoms with Crippen LogP contribution >= 0.6 is 0 Å². The molecule has 0 bridgehead atoms. The predicted octanol–water partition coefficient (Wildman–Crippen LogP) is 0.475. The highest BCUT2D eigenvalue weighted by atomic mass is 16.5. The number of likely N-dealkylation sites (tertiary alicyclic amines) is 1. The van der Waals surface area contributed by atoms with Crippen LogP contribution in [0, 0.1) is 11.8 Å². The molecular weight excluding hydrogens is 362 g/mol. The number of ether oxygens (including phenoxy) is 1. The van der Waals surface area contributed by atoms with E-state index in [2.05, 4.69) is 23.7 Å². The molecule has 0 spiro atoms. The first-order valence-corrected chi connectivity index (χ1v) is 9.76. The van der Waals surface area contributed by atoms with Gasteiger partial charge in [0.1, 0.15) is 12.4 Å². The Morgan fingerprint density at radius 2 is 1.79 bits per heavy atom. The number of piperidine rings is 1. The van der Waals surface area contributed by atoms with Gasteiger partial charge in [-0.15, -0.1) is 0 Å². The lowest BCUT2D eigenvalue weighted by atomic mass is 9.92. The van der Waals surface area contributed by atoms with Crippen molar-refractivity contribution in [2.75, 3.05) is 19.7 Å². The van der Waals surface area contributed by atoms with E-state index >= 15 is 0 Å². The molecular formula is C19H29N5O4. The van der Waals surface area contributed by atoms with E-state index in [9.17, 15) is 14.4 Å². The summed E-state index contributed by atoms with van der Waals surface area (Å²) in [5.74, 6) is 1.31. The summed E-state index contributed by atoms with van der Waals surface area (Å²) in [7, 11) is 3.01. The van der Waals surface area contributed by atoms with Crippen LogP contribution in [0.4, 0.5) is 0 Å². The third-order valence-electron chi connectivity index (χ3n) is 5.33. The third kappa shape index (κ3) is 3.76. The fraction of sp³-hybridized carbons (Fsp3) is 0.684. The molecule has 2 atom stereocenters. The molecule has 0 N–H and O–H groups in total. The van der Waals surface area contributed by atoms with Crippen LogP contribution in [0.2, 0.25) is 0 Å². The van der Waals surface area contributed by atoms with E-state index in [0.29, 0.717) is 29.9 Å². The molecule has 0 aromatic carbocycles. The van der Waals surface area contributed by atoms with Crippen molar-refractivity contribution < 1.29 is 9.53 Å². The van der Waals surface area contributed by atoms with Crippen LogP contribution in [-0.2, 0) is 36.7 Å². The maximum Gasteiger partial charge on any atom is 0.332 e. The number of carbonyl (C=O) groups excluding carboxylic acids is 1. The number of aryl methyl sites for hydroxylation is 1. The molecule has 154 valence electrons. The van der Waals surface area contributed by atoms with Gasteiger partial charge >= 0.3 is 11.7 Å². The smallest absolute Gasteiger partial charge is 0.332 e. The van der Waals surface area contributed by atoms with Crippen molar-refractivity contribution in [3.05, 3.63) is 26.7 Å². The molecule has 0 saturated carbocycles. The Labute approximate surface area is 163 Å². The van der Waals surface area contributed by atoms with E-state index in [1.165, 1.54) is 18.0 Å². The molecule has 3 rings (SSSR count). The van der Waals surface area contributed by atoms with Gasteiger partial charge in [-0.05, 0) is 25.2 Å². The summed E-state index contributed by atoms with van der Waals surface area (Å²) >= 11 is 0. The van der Waals surface area contributed by atoms with Crippen LogP contribution in [-0.4, -0.2) is 49.3 Å². The zero-order valence-corrected chi connectivity index (χ0v) is 17.3. The molecule has 1 aliphatic rings. The van der Waals surface area contributed by atoms with Crippen LogP contribution in [0.1, 0.15) is 33.0 Å². The summed E-state index contributed by atoms with van der Waals surface area (Å²) in [6, 6.07) is 0. The van der Waals surface area contributed by atoms with Crippen molar-refractivity contribution in [3.63, 3.8) is 0 Å². The van der Waals surface area contributed by atoms with Crippen molar-refractivity contribution in [2.24, 2.45) is 25.9 Å². The quantitative estimate of drug-likeness (QED) is 0.689. The molecule has 0 amide bonds. The van der Waals surface area contributed by atoms with Crippen molar-refractivity contribution in [2.45, 2.75) is 40.3 Å². The lowest BCUT2D eigenvalue weighted by Gasteiger charge is -2.34. The van der Waals surface area contributed by atoms with E-state index in [1.54, 1.807) is 18.5 Å². The molecule has 1 saturated heterocycles. The normalized spacial score (nSPS) is 20.6. The number of fused-ring (bicyclic) bond motifs is 1. The van der Waals surface area contributed by atoms with Crippen molar-refractivity contribution >= 4 is 17.1 Å². The minimum absolute atomic E-state index is 0.105. The van der Waals surface area contributed by atoms with Gasteiger partial charge in [0.25, 0.3) is 5.56 Å². The second kappa shape index (κ2) is 7.90. The van der Waals surface area contributed by atoms with E-state index < -0.39 is 17.2 Å². The number of hydrogen-bond donors (Lipinski definition) is 0. The maximum atomic E-state index is 12.8. The SMILES string of the molecule is CCOC(=O)Cn1c(CN2C[C@H](C)C[C@H](C)C2)nc2c1c(=O)n(C)c(=O)n2C. The monoisotopic (exact) mass is 391 g/mol. The molecule has 2 aromatic rings. The number of imidazole rings is 1. The van der Waals surface area contributed by atoms with Gasteiger partial charge in [-0.3, -0.25) is 23.6 Å². The van der Waals surface area contributed by atoms with Crippen LogP contribution < -0.4 is 11.2 Å². The molecule has 9 heteroatoms. The Bertz CT molecular complexity index is 992. The number of rotatable bonds is 5. The summed E-state index contributed by atoms with van der Waals surface area (Å²) in [6.45, 7) is 8.73. The average Bonchev–Trinajstić information content (AvgIpc) is 2.95. The minimum Gasteiger partial charge on any atom is -0.465 e. The summed E-state index contributed by atoms with van der Waals surface area (Å²) in [5, 5.41) is 0. The Morgan fingerprint density at radius 1 is 1.14 bits per heavy atom. The van der Waals surface area contributed by atoms with Crippen LogP contribution in [0.5, 0.6) is 0 Å². The summed E-state index contributed by atoms with van der Waals surface area (Å²) < 4.78 is 9.09. The van der Waals surface area contributed by atoms with E-state index in [4.69, 9.17) is 4.74 Å². The van der Waals surface area contributed by atoms with Gasteiger partial charge in [-0.2, -0.15) is 0 Å². The molecule has 0 unspecified atom stereocenters. The molecule has 28 heavy (non-hydrogen) atoms. The molecule has 9 nitrogen and oxygen atoms in total. The van der Waals surface area contributed by atoms with Gasteiger partial charge in [0, 0.05) is 27.2 Å². The van der Waals surface area contributed by atoms with Gasteiger partial charge in [0.2, 0.25) is 0 Å². The molecule has 1 fully saturated rings. The fourth-order valence-electron chi connectivity index (χ4n) is 4.24. The van der Waals surface area contributed by atoms with E-state index in [1.807, 2.05) is 0 Å². The second-order valence-corrected chi connectivity index (χ2v) is 7.94.